The number of benzene rings is 2. The first-order valence-electron chi connectivity index (χ1n) is 7.74. The van der Waals surface area contributed by atoms with Gasteiger partial charge in [0, 0.05) is 17.2 Å². The first kappa shape index (κ1) is 21.7. The second kappa shape index (κ2) is 9.52. The molecule has 0 aliphatic carbocycles. The van der Waals surface area contributed by atoms with Crippen LogP contribution in [-0.2, 0) is 11.2 Å². The summed E-state index contributed by atoms with van der Waals surface area (Å²) in [7, 11) is 0. The van der Waals surface area contributed by atoms with Crippen LogP contribution in [0.4, 0.5) is 11.4 Å². The van der Waals surface area contributed by atoms with Crippen LogP contribution in [0.1, 0.15) is 15.9 Å². The largest absolute Gasteiger partial charge is 0.298 e. The zero-order chi connectivity index (χ0) is 21.6. The molecule has 0 radical (unpaired) electrons. The van der Waals surface area contributed by atoms with Gasteiger partial charge in [-0.05, 0) is 29.9 Å². The van der Waals surface area contributed by atoms with Crippen molar-refractivity contribution in [3.8, 4) is 0 Å². The van der Waals surface area contributed by atoms with E-state index in [1.54, 1.807) is 24.3 Å². The molecule has 0 bridgehead atoms. The summed E-state index contributed by atoms with van der Waals surface area (Å²) < 4.78 is 0. The number of hydrazine groups is 1. The van der Waals surface area contributed by atoms with E-state index < -0.39 is 33.0 Å². The van der Waals surface area contributed by atoms with E-state index in [-0.39, 0.29) is 17.1 Å². The lowest BCUT2D eigenvalue weighted by Crippen LogP contribution is -2.48. The molecule has 0 aromatic heterocycles. The lowest BCUT2D eigenvalue weighted by atomic mass is 10.1. The van der Waals surface area contributed by atoms with Gasteiger partial charge in [0.2, 0.25) is 5.91 Å². The Labute approximate surface area is 173 Å². The summed E-state index contributed by atoms with van der Waals surface area (Å²) in [6.45, 7) is 0. The monoisotopic (exact) mass is 437 g/mol. The van der Waals surface area contributed by atoms with Crippen LogP contribution in [-0.4, -0.2) is 26.8 Å². The van der Waals surface area contributed by atoms with Gasteiger partial charge >= 0.3 is 0 Å². The van der Waals surface area contributed by atoms with Gasteiger partial charge in [-0.25, -0.2) is 0 Å². The van der Waals surface area contributed by atoms with Gasteiger partial charge in [-0.15, -0.1) is 0 Å². The molecule has 0 aliphatic rings. The number of nitro groups is 2. The summed E-state index contributed by atoms with van der Waals surface area (Å²) in [6.07, 6.45) is 0.0117. The Morgan fingerprint density at radius 2 is 1.52 bits per heavy atom. The number of hydrogen-bond donors (Lipinski definition) is 3. The van der Waals surface area contributed by atoms with Crippen molar-refractivity contribution >= 4 is 52.1 Å². The van der Waals surface area contributed by atoms with E-state index >= 15 is 0 Å². The Bertz CT molecular complexity index is 966. The van der Waals surface area contributed by atoms with Gasteiger partial charge in [0.05, 0.1) is 27.9 Å². The maximum Gasteiger partial charge on any atom is 0.277 e. The summed E-state index contributed by atoms with van der Waals surface area (Å²) in [5, 5.41) is 24.1. The van der Waals surface area contributed by atoms with Gasteiger partial charge in [-0.3, -0.25) is 46.0 Å². The number of nitro benzene ring substituents is 2. The minimum atomic E-state index is -0.929. The van der Waals surface area contributed by atoms with Crippen molar-refractivity contribution in [3.05, 3.63) is 78.8 Å². The number of rotatable bonds is 5. The molecule has 29 heavy (non-hydrogen) atoms. The highest BCUT2D eigenvalue weighted by molar-refractivity contribution is 7.80. The molecule has 2 aromatic carbocycles. The molecule has 0 unspecified atom stereocenters. The van der Waals surface area contributed by atoms with Gasteiger partial charge in [-0.1, -0.05) is 23.7 Å². The van der Waals surface area contributed by atoms with E-state index in [9.17, 15) is 29.8 Å². The third kappa shape index (κ3) is 6.48. The number of nitrogens with one attached hydrogen (secondary N) is 3. The molecule has 0 saturated carbocycles. The number of carbonyl (C=O) groups excluding carboxylic acids is 2. The number of non-ortho nitro benzene ring substituents is 2. The highest BCUT2D eigenvalue weighted by Gasteiger charge is 2.20. The topological polar surface area (TPSA) is 157 Å². The molecule has 2 rings (SSSR count). The fourth-order valence-electron chi connectivity index (χ4n) is 2.10. The fraction of sp³-hybridized carbons (Fsp3) is 0.0625. The average molecular weight is 438 g/mol. The Morgan fingerprint density at radius 1 is 0.966 bits per heavy atom. The summed E-state index contributed by atoms with van der Waals surface area (Å²) >= 11 is 10.6. The SMILES string of the molecule is O=C(Cc1ccc(Cl)cc1)NNC(=S)NC(=O)c1cc([N+](=O)[O-])cc([N+](=O)[O-])c1. The van der Waals surface area contributed by atoms with Crippen LogP contribution < -0.4 is 16.2 Å². The van der Waals surface area contributed by atoms with Gasteiger partial charge in [0.1, 0.15) is 0 Å². The van der Waals surface area contributed by atoms with Gasteiger partial charge < -0.3 is 0 Å². The molecule has 0 saturated heterocycles. The van der Waals surface area contributed by atoms with Gasteiger partial charge in [-0.2, -0.15) is 0 Å². The molecular weight excluding hydrogens is 426 g/mol. The van der Waals surface area contributed by atoms with Crippen molar-refractivity contribution in [2.45, 2.75) is 6.42 Å². The van der Waals surface area contributed by atoms with E-state index in [1.807, 2.05) is 0 Å². The van der Waals surface area contributed by atoms with Crippen LogP contribution in [0.15, 0.2) is 42.5 Å². The van der Waals surface area contributed by atoms with Crippen molar-refractivity contribution in [1.82, 2.24) is 16.2 Å². The molecule has 0 spiro atoms. The van der Waals surface area contributed by atoms with Crippen molar-refractivity contribution in [2.24, 2.45) is 0 Å². The fourth-order valence-corrected chi connectivity index (χ4v) is 2.37. The van der Waals surface area contributed by atoms with E-state index in [2.05, 4.69) is 16.2 Å². The Morgan fingerprint density at radius 3 is 2.03 bits per heavy atom. The maximum absolute atomic E-state index is 12.2. The third-order valence-electron chi connectivity index (χ3n) is 3.41. The van der Waals surface area contributed by atoms with Crippen molar-refractivity contribution < 1.29 is 19.4 Å². The first-order chi connectivity index (χ1) is 13.7. The third-order valence-corrected chi connectivity index (χ3v) is 3.86. The molecule has 0 heterocycles. The molecule has 0 aliphatic heterocycles. The molecule has 3 N–H and O–H groups in total. The quantitative estimate of drug-likeness (QED) is 0.364. The predicted octanol–water partition coefficient (Wildman–Crippen LogP) is 2.03. The minimum absolute atomic E-state index is 0.0117. The maximum atomic E-state index is 12.2. The molecule has 2 aromatic rings. The molecule has 13 heteroatoms. The second-order valence-corrected chi connectivity index (χ2v) is 6.36. The number of nitrogens with zero attached hydrogens (tertiary/aromatic N) is 2. The van der Waals surface area contributed by atoms with Crippen LogP contribution in [0, 0.1) is 20.2 Å². The zero-order valence-electron chi connectivity index (χ0n) is 14.4. The normalized spacial score (nSPS) is 9.97. The average Bonchev–Trinajstić information content (AvgIpc) is 2.67. The van der Waals surface area contributed by atoms with E-state index in [4.69, 9.17) is 23.8 Å². The minimum Gasteiger partial charge on any atom is -0.298 e. The highest BCUT2D eigenvalue weighted by Crippen LogP contribution is 2.22. The van der Waals surface area contributed by atoms with Crippen LogP contribution in [0.2, 0.25) is 5.02 Å². The van der Waals surface area contributed by atoms with E-state index in [1.165, 1.54) is 0 Å². The van der Waals surface area contributed by atoms with E-state index in [0.717, 1.165) is 18.2 Å². The van der Waals surface area contributed by atoms with E-state index in [0.29, 0.717) is 10.6 Å². The van der Waals surface area contributed by atoms with Crippen molar-refractivity contribution in [1.29, 1.82) is 0 Å². The van der Waals surface area contributed by atoms with Crippen LogP contribution in [0.5, 0.6) is 0 Å². The molecule has 11 nitrogen and oxygen atoms in total. The molecule has 0 atom stereocenters. The van der Waals surface area contributed by atoms with Gasteiger partial charge in [0.25, 0.3) is 17.3 Å². The Balaban J connectivity index is 1.95. The van der Waals surface area contributed by atoms with Crippen LogP contribution in [0.25, 0.3) is 0 Å². The zero-order valence-corrected chi connectivity index (χ0v) is 16.0. The van der Waals surface area contributed by atoms with Crippen molar-refractivity contribution in [2.75, 3.05) is 0 Å². The first-order valence-corrected chi connectivity index (χ1v) is 8.53. The number of amides is 2. The molecule has 2 amide bonds. The second-order valence-electron chi connectivity index (χ2n) is 5.51. The van der Waals surface area contributed by atoms with Crippen molar-refractivity contribution in [3.63, 3.8) is 0 Å². The number of hydrogen-bond acceptors (Lipinski definition) is 7. The number of carbonyl (C=O) groups is 2. The Kier molecular flexibility index (Phi) is 7.11. The predicted molar refractivity (Wildman–Crippen MR) is 106 cm³/mol. The molecule has 150 valence electrons. The molecular formula is C16H12ClN5O6S. The Hall–Kier alpha value is -3.64. The van der Waals surface area contributed by atoms with Gasteiger partial charge in [0.15, 0.2) is 5.11 Å². The summed E-state index contributed by atoms with van der Waals surface area (Å²) in [6, 6.07) is 9.04. The number of halogens is 1. The smallest absolute Gasteiger partial charge is 0.277 e. The van der Waals surface area contributed by atoms with Crippen LogP contribution in [0.3, 0.4) is 0 Å². The lowest BCUT2D eigenvalue weighted by molar-refractivity contribution is -0.394. The lowest BCUT2D eigenvalue weighted by Gasteiger charge is -2.11. The summed E-state index contributed by atoms with van der Waals surface area (Å²) in [4.78, 5) is 44.1. The standard InChI is InChI=1S/C16H12ClN5O6S/c17-11-3-1-9(2-4-11)5-14(23)19-20-16(29)18-15(24)10-6-12(21(25)26)8-13(7-10)22(27)28/h1-4,6-8H,5H2,(H,19,23)(H2,18,20,24,29). The number of thiocarbonyl (C=S) groups is 1. The highest BCUT2D eigenvalue weighted by atomic mass is 35.5. The summed E-state index contributed by atoms with van der Waals surface area (Å²) in [5.41, 5.74) is 3.65. The van der Waals surface area contributed by atoms with Crippen LogP contribution >= 0.6 is 23.8 Å². The molecule has 0 fully saturated rings. The summed E-state index contributed by atoms with van der Waals surface area (Å²) in [5.74, 6) is -1.39.